The molecule has 118 valence electrons. The molecule has 1 aliphatic heterocycles. The van der Waals surface area contributed by atoms with Gasteiger partial charge in [0.2, 0.25) is 0 Å². The molecule has 6 heteroatoms. The predicted octanol–water partition coefficient (Wildman–Crippen LogP) is 2.51. The van der Waals surface area contributed by atoms with Gasteiger partial charge >= 0.3 is 6.03 Å². The maximum absolute atomic E-state index is 12.5. The van der Waals surface area contributed by atoms with Crippen LogP contribution in [-0.2, 0) is 4.74 Å². The van der Waals surface area contributed by atoms with Crippen molar-refractivity contribution in [1.82, 2.24) is 9.80 Å². The third kappa shape index (κ3) is 3.28. The van der Waals surface area contributed by atoms with Crippen molar-refractivity contribution in [3.63, 3.8) is 0 Å². The van der Waals surface area contributed by atoms with E-state index in [1.54, 1.807) is 42.4 Å². The number of amides is 2. The van der Waals surface area contributed by atoms with Crippen LogP contribution < -0.4 is 0 Å². The van der Waals surface area contributed by atoms with Gasteiger partial charge in [-0.3, -0.25) is 9.89 Å². The lowest BCUT2D eigenvalue weighted by atomic mass is 10.1. The number of carbonyl (C=O) groups is 1. The molecule has 6 nitrogen and oxygen atoms in total. The van der Waals surface area contributed by atoms with Crippen LogP contribution in [0.5, 0.6) is 5.75 Å². The predicted molar refractivity (Wildman–Crippen MR) is 85.5 cm³/mol. The summed E-state index contributed by atoms with van der Waals surface area (Å²) >= 11 is 0. The summed E-state index contributed by atoms with van der Waals surface area (Å²) in [4.78, 5) is 19.6. The van der Waals surface area contributed by atoms with Gasteiger partial charge in [-0.15, -0.1) is 0 Å². The molecule has 1 aromatic carbocycles. The summed E-state index contributed by atoms with van der Waals surface area (Å²) in [7, 11) is 1.67. The van der Waals surface area contributed by atoms with Crippen LogP contribution in [0.15, 0.2) is 35.5 Å². The van der Waals surface area contributed by atoms with Gasteiger partial charge in [0.25, 0.3) is 0 Å². The van der Waals surface area contributed by atoms with Crippen molar-refractivity contribution in [3.05, 3.63) is 36.0 Å². The van der Waals surface area contributed by atoms with E-state index in [1.807, 2.05) is 13.8 Å². The second-order valence-electron chi connectivity index (χ2n) is 5.83. The Bertz CT molecular complexity index is 593. The number of hydrogen-bond donors (Lipinski definition) is 1. The lowest BCUT2D eigenvalue weighted by Crippen LogP contribution is -2.48. The summed E-state index contributed by atoms with van der Waals surface area (Å²) in [6.07, 6.45) is 1.62. The van der Waals surface area contributed by atoms with Crippen LogP contribution in [-0.4, -0.2) is 53.6 Å². The number of ether oxygens (including phenoxy) is 1. The number of rotatable bonds is 3. The number of nitrogens with zero attached hydrogens (tertiary/aromatic N) is 3. The Balaban J connectivity index is 2.20. The molecule has 0 radical (unpaired) electrons. The summed E-state index contributed by atoms with van der Waals surface area (Å²) in [6.45, 7) is 8.25. The van der Waals surface area contributed by atoms with E-state index in [9.17, 15) is 9.90 Å². The number of benzene rings is 1. The SMILES string of the molecule is C=NC(=CN(C)C(=O)N1COCC1(C)C)c1ccc(O)cc1. The van der Waals surface area contributed by atoms with E-state index in [1.165, 1.54) is 4.90 Å². The molecule has 1 heterocycles. The van der Waals surface area contributed by atoms with E-state index < -0.39 is 0 Å². The van der Waals surface area contributed by atoms with Gasteiger partial charge < -0.3 is 14.7 Å². The topological polar surface area (TPSA) is 65.4 Å². The zero-order valence-electron chi connectivity index (χ0n) is 13.1. The lowest BCUT2D eigenvalue weighted by molar-refractivity contribution is 0.125. The fourth-order valence-corrected chi connectivity index (χ4v) is 2.22. The molecule has 0 aromatic heterocycles. The molecule has 0 saturated carbocycles. The van der Waals surface area contributed by atoms with Crippen molar-refractivity contribution in [2.75, 3.05) is 20.4 Å². The van der Waals surface area contributed by atoms with Gasteiger partial charge in [-0.1, -0.05) is 0 Å². The van der Waals surface area contributed by atoms with Crippen molar-refractivity contribution in [1.29, 1.82) is 0 Å². The Hall–Kier alpha value is -2.34. The first-order chi connectivity index (χ1) is 10.3. The van der Waals surface area contributed by atoms with E-state index in [2.05, 4.69) is 11.7 Å². The van der Waals surface area contributed by atoms with E-state index in [0.717, 1.165) is 5.56 Å². The third-order valence-corrected chi connectivity index (χ3v) is 3.59. The second-order valence-corrected chi connectivity index (χ2v) is 5.83. The first-order valence-electron chi connectivity index (χ1n) is 6.95. The van der Waals surface area contributed by atoms with Crippen molar-refractivity contribution in [2.45, 2.75) is 19.4 Å². The number of aromatic hydroxyl groups is 1. The first kappa shape index (κ1) is 16.0. The molecule has 0 spiro atoms. The van der Waals surface area contributed by atoms with E-state index in [0.29, 0.717) is 12.3 Å². The van der Waals surface area contributed by atoms with Gasteiger partial charge in [-0.2, -0.15) is 0 Å². The van der Waals surface area contributed by atoms with Crippen LogP contribution in [0.1, 0.15) is 19.4 Å². The highest BCUT2D eigenvalue weighted by atomic mass is 16.5. The van der Waals surface area contributed by atoms with Crippen LogP contribution in [0, 0.1) is 0 Å². The molecule has 22 heavy (non-hydrogen) atoms. The highest BCUT2D eigenvalue weighted by Crippen LogP contribution is 2.24. The van der Waals surface area contributed by atoms with Gasteiger partial charge in [-0.25, -0.2) is 4.79 Å². The van der Waals surface area contributed by atoms with Crippen LogP contribution in [0.2, 0.25) is 0 Å². The molecular weight excluding hydrogens is 282 g/mol. The molecule has 1 aliphatic rings. The third-order valence-electron chi connectivity index (χ3n) is 3.59. The summed E-state index contributed by atoms with van der Waals surface area (Å²) in [5, 5.41) is 9.33. The van der Waals surface area contributed by atoms with Crippen LogP contribution in [0.3, 0.4) is 0 Å². The number of aliphatic imine (C=N–C) groups is 1. The summed E-state index contributed by atoms with van der Waals surface area (Å²) in [5.41, 5.74) is 0.984. The standard InChI is InChI=1S/C16H21N3O3/c1-16(2)10-22-11-19(16)15(21)18(4)9-14(17-3)12-5-7-13(20)8-6-12/h5-9,20H,3,10-11H2,1-2,4H3. The molecule has 0 atom stereocenters. The maximum Gasteiger partial charge on any atom is 0.326 e. The van der Waals surface area contributed by atoms with Crippen LogP contribution >= 0.6 is 0 Å². The van der Waals surface area contributed by atoms with Crippen LogP contribution in [0.25, 0.3) is 5.70 Å². The molecule has 1 aromatic rings. The Morgan fingerprint density at radius 1 is 1.45 bits per heavy atom. The summed E-state index contributed by atoms with van der Waals surface area (Å²) in [5.74, 6) is 0.174. The van der Waals surface area contributed by atoms with Gasteiger partial charge in [0.1, 0.15) is 12.5 Å². The minimum absolute atomic E-state index is 0.164. The summed E-state index contributed by atoms with van der Waals surface area (Å²) in [6, 6.07) is 6.40. The largest absolute Gasteiger partial charge is 0.508 e. The molecule has 0 aliphatic carbocycles. The zero-order chi connectivity index (χ0) is 16.3. The highest BCUT2D eigenvalue weighted by Gasteiger charge is 2.37. The van der Waals surface area contributed by atoms with Crippen molar-refractivity contribution < 1.29 is 14.6 Å². The molecule has 2 rings (SSSR count). The van der Waals surface area contributed by atoms with E-state index in [-0.39, 0.29) is 24.1 Å². The van der Waals surface area contributed by atoms with E-state index >= 15 is 0 Å². The molecule has 1 N–H and O–H groups in total. The van der Waals surface area contributed by atoms with Crippen LogP contribution in [0.4, 0.5) is 4.79 Å². The summed E-state index contributed by atoms with van der Waals surface area (Å²) < 4.78 is 5.37. The molecular formula is C16H21N3O3. The Kier molecular flexibility index (Phi) is 4.51. The number of phenolic OH excluding ortho intramolecular Hbond substituents is 1. The lowest BCUT2D eigenvalue weighted by Gasteiger charge is -2.31. The molecule has 0 bridgehead atoms. The Morgan fingerprint density at radius 2 is 2.09 bits per heavy atom. The van der Waals surface area contributed by atoms with Gasteiger partial charge in [0, 0.05) is 18.8 Å². The average molecular weight is 303 g/mol. The van der Waals surface area contributed by atoms with Gasteiger partial charge in [0.15, 0.2) is 0 Å². The van der Waals surface area contributed by atoms with E-state index in [4.69, 9.17) is 4.74 Å². The molecule has 1 fully saturated rings. The number of phenols is 1. The zero-order valence-corrected chi connectivity index (χ0v) is 13.1. The average Bonchev–Trinajstić information content (AvgIpc) is 2.84. The molecule has 0 unspecified atom stereocenters. The van der Waals surface area contributed by atoms with Gasteiger partial charge in [-0.05, 0) is 44.8 Å². The van der Waals surface area contributed by atoms with Crippen molar-refractivity contribution in [3.8, 4) is 5.75 Å². The number of carbonyl (C=O) groups excluding carboxylic acids is 1. The highest BCUT2D eigenvalue weighted by molar-refractivity contribution is 5.79. The first-order valence-corrected chi connectivity index (χ1v) is 6.95. The second kappa shape index (κ2) is 6.19. The quantitative estimate of drug-likeness (QED) is 0.873. The monoisotopic (exact) mass is 303 g/mol. The molecule has 1 saturated heterocycles. The van der Waals surface area contributed by atoms with Gasteiger partial charge in [0.05, 0.1) is 17.8 Å². The minimum atomic E-state index is -0.334. The number of urea groups is 1. The fraction of sp³-hybridized carbons (Fsp3) is 0.375. The number of hydrogen-bond acceptors (Lipinski definition) is 4. The smallest absolute Gasteiger partial charge is 0.326 e. The fourth-order valence-electron chi connectivity index (χ4n) is 2.22. The van der Waals surface area contributed by atoms with Crippen molar-refractivity contribution >= 4 is 18.4 Å². The minimum Gasteiger partial charge on any atom is -0.508 e. The molecule has 2 amide bonds. The van der Waals surface area contributed by atoms with Crippen molar-refractivity contribution in [2.24, 2.45) is 4.99 Å². The Labute approximate surface area is 130 Å². The Morgan fingerprint density at radius 3 is 2.59 bits per heavy atom. The normalized spacial score (nSPS) is 17.4. The maximum atomic E-state index is 12.5.